The summed E-state index contributed by atoms with van der Waals surface area (Å²) in [7, 11) is 2.14. The van der Waals surface area contributed by atoms with Crippen molar-refractivity contribution < 1.29 is 4.79 Å². The first-order chi connectivity index (χ1) is 9.87. The molecular weight excluding hydrogens is 286 g/mol. The molecule has 7 heteroatoms. The Balaban J connectivity index is 1.79. The Morgan fingerprint density at radius 1 is 1.43 bits per heavy atom. The maximum absolute atomic E-state index is 12.0. The maximum atomic E-state index is 12.0. The number of nitrogens with two attached hydrogens (primary N) is 1. The first-order valence-electron chi connectivity index (χ1n) is 7.27. The highest BCUT2D eigenvalue weighted by Crippen LogP contribution is 2.16. The van der Waals surface area contributed by atoms with Crippen molar-refractivity contribution in [1.82, 2.24) is 20.1 Å². The number of piperazine rings is 1. The molecule has 0 spiro atoms. The van der Waals surface area contributed by atoms with E-state index in [2.05, 4.69) is 41.0 Å². The first kappa shape index (κ1) is 16.2. The van der Waals surface area contributed by atoms with Crippen molar-refractivity contribution >= 4 is 22.4 Å². The van der Waals surface area contributed by atoms with Gasteiger partial charge in [-0.3, -0.25) is 9.69 Å². The van der Waals surface area contributed by atoms with Gasteiger partial charge < -0.3 is 16.0 Å². The summed E-state index contributed by atoms with van der Waals surface area (Å²) in [5, 5.41) is 5.36. The van der Waals surface area contributed by atoms with Gasteiger partial charge in [-0.1, -0.05) is 0 Å². The standard InChI is InChI=1S/C14H25N5OS/c1-14(2,19-6-4-18(3)5-7-19)10-16-12(20)8-11-9-21-13(15)17-11/h9H,4-8,10H2,1-3H3,(H2,15,17)(H,16,20). The number of carbonyl (C=O) groups is 1. The van der Waals surface area contributed by atoms with Crippen LogP contribution in [0.5, 0.6) is 0 Å². The van der Waals surface area contributed by atoms with Gasteiger partial charge in [0, 0.05) is 43.6 Å². The summed E-state index contributed by atoms with van der Waals surface area (Å²) in [5.74, 6) is 0.00232. The van der Waals surface area contributed by atoms with E-state index in [9.17, 15) is 4.79 Å². The van der Waals surface area contributed by atoms with Gasteiger partial charge in [-0.05, 0) is 20.9 Å². The first-order valence-corrected chi connectivity index (χ1v) is 8.15. The van der Waals surface area contributed by atoms with Crippen molar-refractivity contribution in [1.29, 1.82) is 0 Å². The molecule has 1 aliphatic heterocycles. The average molecular weight is 311 g/mol. The van der Waals surface area contributed by atoms with Crippen molar-refractivity contribution in [2.45, 2.75) is 25.8 Å². The van der Waals surface area contributed by atoms with Crippen LogP contribution in [0.3, 0.4) is 0 Å². The van der Waals surface area contributed by atoms with Crippen LogP contribution in [0.4, 0.5) is 5.13 Å². The second-order valence-electron chi connectivity index (χ2n) is 6.23. The van der Waals surface area contributed by atoms with Gasteiger partial charge in [0.05, 0.1) is 12.1 Å². The predicted octanol–water partition coefficient (Wildman–Crippen LogP) is 0.410. The maximum Gasteiger partial charge on any atom is 0.226 e. The van der Waals surface area contributed by atoms with Gasteiger partial charge in [0.2, 0.25) is 5.91 Å². The van der Waals surface area contributed by atoms with Crippen molar-refractivity contribution in [2.75, 3.05) is 45.5 Å². The summed E-state index contributed by atoms with van der Waals surface area (Å²) in [5.41, 5.74) is 6.28. The van der Waals surface area contributed by atoms with E-state index in [-0.39, 0.29) is 11.4 Å². The van der Waals surface area contributed by atoms with E-state index in [0.29, 0.717) is 18.1 Å². The molecule has 0 unspecified atom stereocenters. The SMILES string of the molecule is CN1CCN(C(C)(C)CNC(=O)Cc2csc(N)n2)CC1. The predicted molar refractivity (Wildman–Crippen MR) is 86.4 cm³/mol. The molecule has 3 N–H and O–H groups in total. The van der Waals surface area contributed by atoms with E-state index in [4.69, 9.17) is 5.73 Å². The normalized spacial score (nSPS) is 17.9. The summed E-state index contributed by atoms with van der Waals surface area (Å²) >= 11 is 1.37. The molecule has 0 atom stereocenters. The van der Waals surface area contributed by atoms with Crippen LogP contribution in [0.2, 0.25) is 0 Å². The van der Waals surface area contributed by atoms with Crippen molar-refractivity contribution in [3.63, 3.8) is 0 Å². The Hall–Kier alpha value is -1.18. The van der Waals surface area contributed by atoms with Crippen LogP contribution in [-0.4, -0.2) is 66.0 Å². The number of hydrogen-bond donors (Lipinski definition) is 2. The van der Waals surface area contributed by atoms with Gasteiger partial charge in [-0.25, -0.2) is 4.98 Å². The van der Waals surface area contributed by atoms with Crippen LogP contribution in [0.25, 0.3) is 0 Å². The fourth-order valence-electron chi connectivity index (χ4n) is 2.47. The summed E-state index contributed by atoms with van der Waals surface area (Å²) in [6.07, 6.45) is 0.298. The molecule has 118 valence electrons. The monoisotopic (exact) mass is 311 g/mol. The summed E-state index contributed by atoms with van der Waals surface area (Å²) in [6, 6.07) is 0. The lowest BCUT2D eigenvalue weighted by Crippen LogP contribution is -2.57. The molecule has 0 saturated carbocycles. The number of nitrogens with one attached hydrogen (secondary N) is 1. The molecule has 0 bridgehead atoms. The molecule has 2 rings (SSSR count). The number of rotatable bonds is 5. The fourth-order valence-corrected chi connectivity index (χ4v) is 3.03. The number of amides is 1. The van der Waals surface area contributed by atoms with E-state index in [0.717, 1.165) is 31.9 Å². The van der Waals surface area contributed by atoms with E-state index >= 15 is 0 Å². The number of carbonyl (C=O) groups excluding carboxylic acids is 1. The highest BCUT2D eigenvalue weighted by molar-refractivity contribution is 7.13. The zero-order valence-corrected chi connectivity index (χ0v) is 13.9. The molecule has 0 radical (unpaired) electrons. The zero-order valence-electron chi connectivity index (χ0n) is 13.1. The second kappa shape index (κ2) is 6.72. The van der Waals surface area contributed by atoms with Gasteiger partial charge in [0.1, 0.15) is 0 Å². The number of anilines is 1. The van der Waals surface area contributed by atoms with Gasteiger partial charge in [0.25, 0.3) is 0 Å². The molecule has 21 heavy (non-hydrogen) atoms. The van der Waals surface area contributed by atoms with Gasteiger partial charge >= 0.3 is 0 Å². The third-order valence-corrected chi connectivity index (χ3v) is 4.71. The van der Waals surface area contributed by atoms with Crippen LogP contribution >= 0.6 is 11.3 Å². The van der Waals surface area contributed by atoms with Crippen LogP contribution in [0.15, 0.2) is 5.38 Å². The van der Waals surface area contributed by atoms with E-state index in [1.165, 1.54) is 11.3 Å². The molecule has 1 aromatic rings. The van der Waals surface area contributed by atoms with E-state index in [1.54, 1.807) is 0 Å². The number of hydrogen-bond acceptors (Lipinski definition) is 6. The molecule has 0 aromatic carbocycles. The van der Waals surface area contributed by atoms with Gasteiger partial charge in [-0.15, -0.1) is 11.3 Å². The van der Waals surface area contributed by atoms with Crippen molar-refractivity contribution in [3.8, 4) is 0 Å². The number of aromatic nitrogens is 1. The van der Waals surface area contributed by atoms with Crippen LogP contribution in [0.1, 0.15) is 19.5 Å². The minimum absolute atomic E-state index is 0.00232. The summed E-state index contributed by atoms with van der Waals surface area (Å²) in [4.78, 5) is 20.9. The fraction of sp³-hybridized carbons (Fsp3) is 0.714. The number of thiazole rings is 1. The zero-order chi connectivity index (χ0) is 15.5. The lowest BCUT2D eigenvalue weighted by Gasteiger charge is -2.43. The number of nitrogens with zero attached hydrogens (tertiary/aromatic N) is 3. The van der Waals surface area contributed by atoms with Crippen molar-refractivity contribution in [2.24, 2.45) is 0 Å². The third kappa shape index (κ3) is 4.66. The average Bonchev–Trinajstić information content (AvgIpc) is 2.82. The highest BCUT2D eigenvalue weighted by atomic mass is 32.1. The Labute approximate surface area is 130 Å². The van der Waals surface area contributed by atoms with Crippen LogP contribution in [-0.2, 0) is 11.2 Å². The largest absolute Gasteiger partial charge is 0.375 e. The Morgan fingerprint density at radius 3 is 2.67 bits per heavy atom. The third-order valence-electron chi connectivity index (χ3n) is 3.99. The minimum Gasteiger partial charge on any atom is -0.375 e. The van der Waals surface area contributed by atoms with E-state index in [1.807, 2.05) is 5.38 Å². The Bertz CT molecular complexity index is 479. The quantitative estimate of drug-likeness (QED) is 0.824. The highest BCUT2D eigenvalue weighted by Gasteiger charge is 2.29. The lowest BCUT2D eigenvalue weighted by molar-refractivity contribution is -0.121. The second-order valence-corrected chi connectivity index (χ2v) is 7.12. The summed E-state index contributed by atoms with van der Waals surface area (Å²) < 4.78 is 0. The molecule has 1 saturated heterocycles. The molecule has 1 aromatic heterocycles. The Kier molecular flexibility index (Phi) is 5.18. The molecule has 1 fully saturated rings. The number of likely N-dealkylation sites (N-methyl/N-ethyl adjacent to an activating group) is 1. The molecular formula is C14H25N5OS. The molecule has 6 nitrogen and oxygen atoms in total. The lowest BCUT2D eigenvalue weighted by atomic mass is 10.0. The van der Waals surface area contributed by atoms with Crippen LogP contribution < -0.4 is 11.1 Å². The Morgan fingerprint density at radius 2 is 2.10 bits per heavy atom. The number of nitrogen functional groups attached to an aromatic ring is 1. The summed E-state index contributed by atoms with van der Waals surface area (Å²) in [6.45, 7) is 9.25. The van der Waals surface area contributed by atoms with E-state index < -0.39 is 0 Å². The molecule has 1 amide bonds. The van der Waals surface area contributed by atoms with Crippen LogP contribution in [0, 0.1) is 0 Å². The topological polar surface area (TPSA) is 74.5 Å². The molecule has 1 aliphatic rings. The smallest absolute Gasteiger partial charge is 0.226 e. The molecule has 2 heterocycles. The molecule has 0 aliphatic carbocycles. The minimum atomic E-state index is -0.0297. The van der Waals surface area contributed by atoms with Gasteiger partial charge in [0.15, 0.2) is 5.13 Å². The van der Waals surface area contributed by atoms with Crippen molar-refractivity contribution in [3.05, 3.63) is 11.1 Å². The van der Waals surface area contributed by atoms with Gasteiger partial charge in [-0.2, -0.15) is 0 Å².